The number of amides is 2. The van der Waals surface area contributed by atoms with E-state index in [1.807, 2.05) is 30.3 Å². The highest BCUT2D eigenvalue weighted by molar-refractivity contribution is 5.81. The van der Waals surface area contributed by atoms with Gasteiger partial charge in [-0.1, -0.05) is 18.2 Å². The van der Waals surface area contributed by atoms with Crippen molar-refractivity contribution in [3.63, 3.8) is 0 Å². The Bertz CT molecular complexity index is 1530. The third-order valence-corrected chi connectivity index (χ3v) is 5.97. The molecule has 0 atom stereocenters. The van der Waals surface area contributed by atoms with Gasteiger partial charge in [0.15, 0.2) is 11.5 Å². The summed E-state index contributed by atoms with van der Waals surface area (Å²) in [5.74, 6) is 1.55. The lowest BCUT2D eigenvalue weighted by atomic mass is 10.2. The smallest absolute Gasteiger partial charge is 0.328 e. The summed E-state index contributed by atoms with van der Waals surface area (Å²) in [6.45, 7) is 4.94. The van der Waals surface area contributed by atoms with Crippen molar-refractivity contribution < 1.29 is 19.1 Å². The first-order valence-electron chi connectivity index (χ1n) is 12.7. The fraction of sp³-hybridized carbons (Fsp3) is 0.333. The van der Waals surface area contributed by atoms with Crippen LogP contribution in [-0.2, 0) is 27.4 Å². The molecule has 3 aromatic heterocycles. The topological polar surface area (TPSA) is 170 Å². The number of carbonyl (C=O) groups excluding carboxylic acids is 2. The fourth-order valence-corrected chi connectivity index (χ4v) is 3.96. The summed E-state index contributed by atoms with van der Waals surface area (Å²) in [6.07, 6.45) is 1.90. The molecule has 0 radical (unpaired) electrons. The van der Waals surface area contributed by atoms with Gasteiger partial charge >= 0.3 is 5.69 Å². The van der Waals surface area contributed by atoms with Crippen LogP contribution in [0.3, 0.4) is 0 Å². The molecule has 0 aliphatic heterocycles. The molecule has 1 aromatic carbocycles. The molecule has 2 amide bonds. The maximum atomic E-state index is 12.4. The zero-order chi connectivity index (χ0) is 28.6. The number of pyridine rings is 1. The number of hydrogen-bond acceptors (Lipinski definition) is 9. The third kappa shape index (κ3) is 7.41. The molecule has 210 valence electrons. The number of hydrogen-bond donors (Lipinski definition) is 3. The number of ether oxygens (including phenoxy) is 2. The molecule has 0 bridgehead atoms. The summed E-state index contributed by atoms with van der Waals surface area (Å²) >= 11 is 0. The van der Waals surface area contributed by atoms with Crippen molar-refractivity contribution in [2.75, 3.05) is 32.5 Å². The van der Waals surface area contributed by atoms with Gasteiger partial charge in [-0.2, -0.15) is 0 Å². The van der Waals surface area contributed by atoms with E-state index in [9.17, 15) is 14.4 Å². The summed E-state index contributed by atoms with van der Waals surface area (Å²) in [4.78, 5) is 52.7. The molecule has 4 rings (SSSR count). The number of H-pyrrole nitrogens is 1. The number of anilines is 1. The second-order valence-electron chi connectivity index (χ2n) is 9.22. The summed E-state index contributed by atoms with van der Waals surface area (Å²) in [6, 6.07) is 10.9. The Hall–Kier alpha value is -4.78. The van der Waals surface area contributed by atoms with Crippen molar-refractivity contribution >= 4 is 28.8 Å². The zero-order valence-corrected chi connectivity index (χ0v) is 22.6. The molecule has 0 saturated heterocycles. The molecule has 13 nitrogen and oxygen atoms in total. The molecular formula is C27H32N8O5. The van der Waals surface area contributed by atoms with Crippen LogP contribution in [0.4, 0.5) is 5.82 Å². The first-order chi connectivity index (χ1) is 19.2. The van der Waals surface area contributed by atoms with Crippen LogP contribution in [0.25, 0.3) is 11.2 Å². The number of nitrogens with zero attached hydrogens (tertiary/aromatic N) is 5. The van der Waals surface area contributed by atoms with Gasteiger partial charge in [0.2, 0.25) is 17.7 Å². The normalized spacial score (nSPS) is 11.0. The van der Waals surface area contributed by atoms with E-state index in [1.165, 1.54) is 11.5 Å². The lowest BCUT2D eigenvalue weighted by molar-refractivity contribution is -0.131. The van der Waals surface area contributed by atoms with Crippen LogP contribution >= 0.6 is 0 Å². The number of aromatic amines is 1. The van der Waals surface area contributed by atoms with Crippen LogP contribution in [0.2, 0.25) is 0 Å². The first kappa shape index (κ1) is 28.2. The number of aryl methyl sites for hydroxylation is 1. The minimum absolute atomic E-state index is 0.0370. The minimum Gasteiger partial charge on any atom is -0.439 e. The standard InChI is InChI=1S/C27H32N8O5/c1-17-31-25(28)24-26(32-17)35(27(38)33-24)16-20-6-9-22(30-14-20)40-21-7-4-19(5-8-21)15-34(3)23(37)10-12-39-13-11-29-18(2)36/h4-9,14H,10-13,15-16H2,1-3H3,(H,29,36)(H,33,38)(H2,28,31,32). The van der Waals surface area contributed by atoms with Gasteiger partial charge in [-0.3, -0.25) is 14.2 Å². The van der Waals surface area contributed by atoms with E-state index in [0.29, 0.717) is 54.9 Å². The first-order valence-corrected chi connectivity index (χ1v) is 12.7. The zero-order valence-electron chi connectivity index (χ0n) is 22.6. The Kier molecular flexibility index (Phi) is 9.07. The average molecular weight is 549 g/mol. The molecular weight excluding hydrogens is 516 g/mol. The van der Waals surface area contributed by atoms with Gasteiger partial charge in [0.05, 0.1) is 26.2 Å². The van der Waals surface area contributed by atoms with Crippen LogP contribution in [0.1, 0.15) is 30.3 Å². The molecule has 4 aromatic rings. The van der Waals surface area contributed by atoms with E-state index in [1.54, 1.807) is 31.1 Å². The largest absolute Gasteiger partial charge is 0.439 e. The van der Waals surface area contributed by atoms with E-state index in [4.69, 9.17) is 15.2 Å². The van der Waals surface area contributed by atoms with Crippen molar-refractivity contribution in [3.8, 4) is 11.6 Å². The average Bonchev–Trinajstić information content (AvgIpc) is 3.23. The molecule has 13 heteroatoms. The highest BCUT2D eigenvalue weighted by atomic mass is 16.5. The van der Waals surface area contributed by atoms with E-state index < -0.39 is 0 Å². The molecule has 0 spiro atoms. The highest BCUT2D eigenvalue weighted by Gasteiger charge is 2.14. The van der Waals surface area contributed by atoms with Crippen molar-refractivity contribution in [2.24, 2.45) is 0 Å². The second kappa shape index (κ2) is 12.8. The number of nitrogens with one attached hydrogen (secondary N) is 2. The number of benzene rings is 1. The number of fused-ring (bicyclic) bond motifs is 1. The van der Waals surface area contributed by atoms with Gasteiger partial charge < -0.3 is 30.4 Å². The van der Waals surface area contributed by atoms with Gasteiger partial charge in [0.25, 0.3) is 0 Å². The molecule has 40 heavy (non-hydrogen) atoms. The Morgan fingerprint density at radius 1 is 1.10 bits per heavy atom. The number of rotatable bonds is 12. The van der Waals surface area contributed by atoms with Crippen LogP contribution in [0.15, 0.2) is 47.4 Å². The molecule has 4 N–H and O–H groups in total. The van der Waals surface area contributed by atoms with Gasteiger partial charge in [-0.05, 0) is 30.2 Å². The lowest BCUT2D eigenvalue weighted by Gasteiger charge is -2.17. The third-order valence-electron chi connectivity index (χ3n) is 5.97. The summed E-state index contributed by atoms with van der Waals surface area (Å²) < 4.78 is 12.7. The highest BCUT2D eigenvalue weighted by Crippen LogP contribution is 2.21. The van der Waals surface area contributed by atoms with Crippen molar-refractivity contribution in [2.45, 2.75) is 33.4 Å². The summed E-state index contributed by atoms with van der Waals surface area (Å²) in [7, 11) is 1.74. The fourth-order valence-electron chi connectivity index (χ4n) is 3.96. The summed E-state index contributed by atoms with van der Waals surface area (Å²) in [5, 5.41) is 2.64. The SMILES string of the molecule is CC(=O)NCCOCCC(=O)N(C)Cc1ccc(Oc2ccc(Cn3c(=O)[nH]c4c(N)nc(C)nc43)cn2)cc1. The predicted molar refractivity (Wildman–Crippen MR) is 148 cm³/mol. The van der Waals surface area contributed by atoms with Gasteiger partial charge in [0.1, 0.15) is 17.1 Å². The van der Waals surface area contributed by atoms with Gasteiger partial charge in [-0.15, -0.1) is 0 Å². The molecule has 0 aliphatic carbocycles. The Labute approximate surface area is 230 Å². The maximum absolute atomic E-state index is 12.4. The van der Waals surface area contributed by atoms with Crippen LogP contribution < -0.4 is 21.5 Å². The van der Waals surface area contributed by atoms with Crippen LogP contribution in [0.5, 0.6) is 11.6 Å². The summed E-state index contributed by atoms with van der Waals surface area (Å²) in [5.41, 5.74) is 8.16. The number of carbonyl (C=O) groups is 2. The molecule has 0 unspecified atom stereocenters. The number of nitrogens with two attached hydrogens (primary N) is 1. The monoisotopic (exact) mass is 548 g/mol. The quantitative estimate of drug-likeness (QED) is 0.223. The second-order valence-corrected chi connectivity index (χ2v) is 9.22. The van der Waals surface area contributed by atoms with E-state index in [0.717, 1.165) is 11.1 Å². The van der Waals surface area contributed by atoms with Crippen LogP contribution in [0, 0.1) is 6.92 Å². The lowest BCUT2D eigenvalue weighted by Crippen LogP contribution is -2.28. The Morgan fingerprint density at radius 2 is 1.85 bits per heavy atom. The van der Waals surface area contributed by atoms with Gasteiger partial charge in [0, 0.05) is 39.3 Å². The van der Waals surface area contributed by atoms with Crippen molar-refractivity contribution in [3.05, 3.63) is 70.0 Å². The number of nitrogen functional groups attached to an aromatic ring is 1. The maximum Gasteiger partial charge on any atom is 0.328 e. The van der Waals surface area contributed by atoms with E-state index in [2.05, 4.69) is 25.3 Å². The minimum atomic E-state index is -0.332. The van der Waals surface area contributed by atoms with E-state index in [-0.39, 0.29) is 36.3 Å². The van der Waals surface area contributed by atoms with Gasteiger partial charge in [-0.25, -0.2) is 19.7 Å². The molecule has 3 heterocycles. The Balaban J connectivity index is 1.27. The predicted octanol–water partition coefficient (Wildman–Crippen LogP) is 1.75. The van der Waals surface area contributed by atoms with Crippen molar-refractivity contribution in [1.29, 1.82) is 0 Å². The molecule has 0 fully saturated rings. The van der Waals surface area contributed by atoms with Crippen molar-refractivity contribution in [1.82, 2.24) is 34.7 Å². The van der Waals surface area contributed by atoms with Crippen LogP contribution in [-0.4, -0.2) is 68.0 Å². The number of aromatic nitrogens is 5. The number of imidazole rings is 1. The molecule has 0 saturated carbocycles. The molecule has 0 aliphatic rings. The Morgan fingerprint density at radius 3 is 2.55 bits per heavy atom. The van der Waals surface area contributed by atoms with E-state index >= 15 is 0 Å².